The van der Waals surface area contributed by atoms with Gasteiger partial charge in [0.05, 0.1) is 43.1 Å². The van der Waals surface area contributed by atoms with Crippen molar-refractivity contribution in [3.8, 4) is 5.75 Å². The number of rotatable bonds is 5. The van der Waals surface area contributed by atoms with Gasteiger partial charge in [-0.15, -0.1) is 0 Å². The molecule has 1 heterocycles. The topological polar surface area (TPSA) is 116 Å². The van der Waals surface area contributed by atoms with Gasteiger partial charge in [-0.1, -0.05) is 11.6 Å². The second-order valence-corrected chi connectivity index (χ2v) is 7.99. The molecular formula is C14H19ClN2O6S. The quantitative estimate of drug-likeness (QED) is 0.680. The second-order valence-electron chi connectivity index (χ2n) is 5.40. The van der Waals surface area contributed by atoms with Crippen LogP contribution in [-0.2, 0) is 9.84 Å². The predicted molar refractivity (Wildman–Crippen MR) is 89.3 cm³/mol. The Morgan fingerprint density at radius 3 is 2.71 bits per heavy atom. The summed E-state index contributed by atoms with van der Waals surface area (Å²) in [5, 5.41) is 22.1. The lowest BCUT2D eigenvalue weighted by atomic mass is 10.2. The molecule has 1 aliphatic heterocycles. The summed E-state index contributed by atoms with van der Waals surface area (Å²) in [6, 6.07) is 3.06. The molecule has 24 heavy (non-hydrogen) atoms. The van der Waals surface area contributed by atoms with Crippen LogP contribution in [-0.4, -0.2) is 73.5 Å². The molecule has 0 bridgehead atoms. The first-order chi connectivity index (χ1) is 11.3. The van der Waals surface area contributed by atoms with Gasteiger partial charge in [-0.05, 0) is 18.2 Å². The molecule has 2 amide bonds. The first-order valence-corrected chi connectivity index (χ1v) is 9.38. The lowest BCUT2D eigenvalue weighted by molar-refractivity contribution is 0.0919. The number of aliphatic hydroxyl groups excluding tert-OH is 2. The van der Waals surface area contributed by atoms with Crippen molar-refractivity contribution < 1.29 is 28.2 Å². The van der Waals surface area contributed by atoms with E-state index in [9.17, 15) is 23.4 Å². The summed E-state index contributed by atoms with van der Waals surface area (Å²) in [7, 11) is -2.00. The molecule has 10 heteroatoms. The smallest absolute Gasteiger partial charge is 0.322 e. The van der Waals surface area contributed by atoms with Crippen LogP contribution in [0.5, 0.6) is 5.75 Å². The highest BCUT2D eigenvalue weighted by molar-refractivity contribution is 7.91. The minimum atomic E-state index is -3.43. The molecule has 2 atom stereocenters. The van der Waals surface area contributed by atoms with Crippen molar-refractivity contribution >= 4 is 33.2 Å². The number of hydrogen-bond acceptors (Lipinski definition) is 6. The van der Waals surface area contributed by atoms with Crippen LogP contribution < -0.4 is 10.1 Å². The Morgan fingerprint density at radius 2 is 2.17 bits per heavy atom. The minimum absolute atomic E-state index is 0.119. The largest absolute Gasteiger partial charge is 0.495 e. The number of anilines is 1. The van der Waals surface area contributed by atoms with E-state index in [4.69, 9.17) is 16.3 Å². The third-order valence-electron chi connectivity index (χ3n) is 3.70. The van der Waals surface area contributed by atoms with E-state index in [1.54, 1.807) is 12.1 Å². The van der Waals surface area contributed by atoms with E-state index in [0.29, 0.717) is 16.5 Å². The lowest BCUT2D eigenvalue weighted by Gasteiger charge is -2.30. The molecule has 1 fully saturated rings. The van der Waals surface area contributed by atoms with Gasteiger partial charge in [-0.25, -0.2) is 13.2 Å². The zero-order valence-electron chi connectivity index (χ0n) is 13.0. The van der Waals surface area contributed by atoms with E-state index in [2.05, 4.69) is 5.32 Å². The number of benzene rings is 1. The van der Waals surface area contributed by atoms with E-state index in [-0.39, 0.29) is 18.9 Å². The molecule has 3 N–H and O–H groups in total. The summed E-state index contributed by atoms with van der Waals surface area (Å²) in [6.07, 6.45) is -1.20. The molecule has 1 saturated heterocycles. The number of aliphatic hydroxyl groups is 2. The average Bonchev–Trinajstić information content (AvgIpc) is 2.77. The van der Waals surface area contributed by atoms with Gasteiger partial charge in [-0.3, -0.25) is 0 Å². The minimum Gasteiger partial charge on any atom is -0.495 e. The number of carbonyl (C=O) groups excluding carboxylic acids is 1. The van der Waals surface area contributed by atoms with Crippen LogP contribution in [0.4, 0.5) is 10.5 Å². The average molecular weight is 379 g/mol. The number of nitrogens with one attached hydrogen (secondary N) is 1. The molecule has 0 aliphatic carbocycles. The van der Waals surface area contributed by atoms with Crippen LogP contribution in [0.15, 0.2) is 18.2 Å². The standard InChI is InChI=1S/C14H19ClN2O6S/c1-23-13-3-2-9(15)6-10(13)16-14(20)17(4-5-18)11-7-24(21,22)8-12(11)19/h2-3,6,11-12,18-19H,4-5,7-8H2,1H3,(H,16,20)/t11-,12-/m1/s1. The highest BCUT2D eigenvalue weighted by atomic mass is 35.5. The number of methoxy groups -OCH3 is 1. The molecule has 0 unspecified atom stereocenters. The third-order valence-corrected chi connectivity index (χ3v) is 5.63. The fourth-order valence-electron chi connectivity index (χ4n) is 2.60. The fourth-order valence-corrected chi connectivity index (χ4v) is 4.57. The number of sulfone groups is 1. The van der Waals surface area contributed by atoms with Crippen LogP contribution >= 0.6 is 11.6 Å². The van der Waals surface area contributed by atoms with Crippen molar-refractivity contribution in [2.75, 3.05) is 37.1 Å². The summed E-state index contributed by atoms with van der Waals surface area (Å²) >= 11 is 5.91. The summed E-state index contributed by atoms with van der Waals surface area (Å²) in [5.74, 6) is -0.391. The molecular weight excluding hydrogens is 360 g/mol. The highest BCUT2D eigenvalue weighted by Gasteiger charge is 2.41. The van der Waals surface area contributed by atoms with E-state index >= 15 is 0 Å². The number of nitrogens with zero attached hydrogens (tertiary/aromatic N) is 1. The van der Waals surface area contributed by atoms with Gasteiger partial charge in [0.15, 0.2) is 9.84 Å². The van der Waals surface area contributed by atoms with Gasteiger partial charge in [0, 0.05) is 11.6 Å². The molecule has 134 valence electrons. The maximum atomic E-state index is 12.5. The zero-order chi connectivity index (χ0) is 17.9. The Kier molecular flexibility index (Phi) is 5.92. The highest BCUT2D eigenvalue weighted by Crippen LogP contribution is 2.28. The summed E-state index contributed by atoms with van der Waals surface area (Å²) in [5.41, 5.74) is 0.299. The van der Waals surface area contributed by atoms with Crippen molar-refractivity contribution in [2.24, 2.45) is 0 Å². The maximum absolute atomic E-state index is 12.5. The van der Waals surface area contributed by atoms with Gasteiger partial charge in [0.2, 0.25) is 0 Å². The van der Waals surface area contributed by atoms with Gasteiger partial charge >= 0.3 is 6.03 Å². The zero-order valence-corrected chi connectivity index (χ0v) is 14.5. The first kappa shape index (κ1) is 18.8. The van der Waals surface area contributed by atoms with Crippen LogP contribution in [0.3, 0.4) is 0 Å². The number of amides is 2. The molecule has 8 nitrogen and oxygen atoms in total. The Morgan fingerprint density at radius 1 is 1.46 bits per heavy atom. The molecule has 0 saturated carbocycles. The van der Waals surface area contributed by atoms with Crippen molar-refractivity contribution in [1.29, 1.82) is 0 Å². The van der Waals surface area contributed by atoms with Gasteiger partial charge < -0.3 is 25.2 Å². The number of carbonyl (C=O) groups is 1. The predicted octanol–water partition coefficient (Wildman–Crippen LogP) is 0.333. The SMILES string of the molecule is COc1ccc(Cl)cc1NC(=O)N(CCO)[C@@H]1CS(=O)(=O)C[C@H]1O. The van der Waals surface area contributed by atoms with Crippen molar-refractivity contribution in [2.45, 2.75) is 12.1 Å². The molecule has 0 spiro atoms. The van der Waals surface area contributed by atoms with E-state index in [1.807, 2.05) is 0 Å². The van der Waals surface area contributed by atoms with Crippen LogP contribution in [0, 0.1) is 0 Å². The van der Waals surface area contributed by atoms with Gasteiger partial charge in [-0.2, -0.15) is 0 Å². The Balaban J connectivity index is 2.23. The van der Waals surface area contributed by atoms with Gasteiger partial charge in [0.1, 0.15) is 5.75 Å². The van der Waals surface area contributed by atoms with Crippen LogP contribution in [0.2, 0.25) is 5.02 Å². The van der Waals surface area contributed by atoms with E-state index in [1.165, 1.54) is 13.2 Å². The van der Waals surface area contributed by atoms with Crippen molar-refractivity contribution in [1.82, 2.24) is 4.90 Å². The normalized spacial score (nSPS) is 22.2. The molecule has 1 aromatic carbocycles. The molecule has 1 aromatic rings. The molecule has 0 radical (unpaired) electrons. The number of hydrogen-bond donors (Lipinski definition) is 3. The second kappa shape index (κ2) is 7.56. The third kappa shape index (κ3) is 4.29. The number of urea groups is 1. The Hall–Kier alpha value is -1.55. The van der Waals surface area contributed by atoms with E-state index in [0.717, 1.165) is 4.90 Å². The number of halogens is 1. The molecule has 2 rings (SSSR count). The fraction of sp³-hybridized carbons (Fsp3) is 0.500. The van der Waals surface area contributed by atoms with Crippen LogP contribution in [0.1, 0.15) is 0 Å². The maximum Gasteiger partial charge on any atom is 0.322 e. The van der Waals surface area contributed by atoms with Crippen molar-refractivity contribution in [3.05, 3.63) is 23.2 Å². The lowest BCUT2D eigenvalue weighted by Crippen LogP contribution is -2.49. The Labute approximate surface area is 144 Å². The summed E-state index contributed by atoms with van der Waals surface area (Å²) in [6.45, 7) is -0.491. The van der Waals surface area contributed by atoms with Crippen molar-refractivity contribution in [3.63, 3.8) is 0 Å². The summed E-state index contributed by atoms with van der Waals surface area (Å²) in [4.78, 5) is 13.6. The first-order valence-electron chi connectivity index (χ1n) is 7.18. The van der Waals surface area contributed by atoms with Crippen LogP contribution in [0.25, 0.3) is 0 Å². The molecule has 1 aliphatic rings. The monoisotopic (exact) mass is 378 g/mol. The van der Waals surface area contributed by atoms with Gasteiger partial charge in [0.25, 0.3) is 0 Å². The van der Waals surface area contributed by atoms with E-state index < -0.39 is 33.8 Å². The number of ether oxygens (including phenoxy) is 1. The summed E-state index contributed by atoms with van der Waals surface area (Å²) < 4.78 is 28.5. The molecule has 0 aromatic heterocycles. The Bertz CT molecular complexity index is 711.